The second-order valence-corrected chi connectivity index (χ2v) is 6.54. The molecule has 0 aromatic rings. The lowest BCUT2D eigenvalue weighted by atomic mass is 9.90. The Bertz CT molecular complexity index is 248. The molecule has 19 heavy (non-hydrogen) atoms. The lowest BCUT2D eigenvalue weighted by Crippen LogP contribution is -2.53. The summed E-state index contributed by atoms with van der Waals surface area (Å²) >= 11 is 0. The highest BCUT2D eigenvalue weighted by Gasteiger charge is 2.25. The largest absolute Gasteiger partial charge is 0.313 e. The number of piperazine rings is 1. The molecule has 2 fully saturated rings. The average molecular weight is 267 g/mol. The molecular formula is C16H33N3. The SMILES string of the molecule is CCC1CCNC(CN2CCN(C(C)CC)CC2)C1. The van der Waals surface area contributed by atoms with E-state index in [1.165, 1.54) is 65.0 Å². The summed E-state index contributed by atoms with van der Waals surface area (Å²) in [4.78, 5) is 5.33. The molecule has 0 aliphatic carbocycles. The first-order valence-electron chi connectivity index (χ1n) is 8.42. The second kappa shape index (κ2) is 7.61. The van der Waals surface area contributed by atoms with E-state index in [-0.39, 0.29) is 0 Å². The maximum Gasteiger partial charge on any atom is 0.0197 e. The van der Waals surface area contributed by atoms with Crippen LogP contribution in [0.4, 0.5) is 0 Å². The summed E-state index contributed by atoms with van der Waals surface area (Å²) in [5.41, 5.74) is 0. The van der Waals surface area contributed by atoms with Crippen molar-refractivity contribution in [2.24, 2.45) is 5.92 Å². The van der Waals surface area contributed by atoms with Crippen molar-refractivity contribution in [3.05, 3.63) is 0 Å². The number of nitrogens with zero attached hydrogens (tertiary/aromatic N) is 2. The highest BCUT2D eigenvalue weighted by Crippen LogP contribution is 2.20. The first-order valence-corrected chi connectivity index (χ1v) is 8.42. The maximum absolute atomic E-state index is 3.72. The molecule has 0 aromatic carbocycles. The van der Waals surface area contributed by atoms with Gasteiger partial charge in [0.15, 0.2) is 0 Å². The van der Waals surface area contributed by atoms with Gasteiger partial charge in [-0.2, -0.15) is 0 Å². The van der Waals surface area contributed by atoms with Crippen molar-refractivity contribution in [1.82, 2.24) is 15.1 Å². The van der Waals surface area contributed by atoms with Gasteiger partial charge in [0.25, 0.3) is 0 Å². The van der Waals surface area contributed by atoms with Crippen LogP contribution in [0.2, 0.25) is 0 Å². The van der Waals surface area contributed by atoms with Crippen LogP contribution in [-0.2, 0) is 0 Å². The lowest BCUT2D eigenvalue weighted by molar-refractivity contribution is 0.0881. The van der Waals surface area contributed by atoms with Gasteiger partial charge in [0, 0.05) is 44.8 Å². The molecule has 0 amide bonds. The first-order chi connectivity index (χ1) is 9.22. The monoisotopic (exact) mass is 267 g/mol. The Balaban J connectivity index is 1.70. The molecule has 0 radical (unpaired) electrons. The molecule has 3 nitrogen and oxygen atoms in total. The Kier molecular flexibility index (Phi) is 6.11. The molecule has 112 valence electrons. The minimum Gasteiger partial charge on any atom is -0.313 e. The predicted octanol–water partition coefficient (Wildman–Crippen LogP) is 2.18. The van der Waals surface area contributed by atoms with E-state index >= 15 is 0 Å². The van der Waals surface area contributed by atoms with Gasteiger partial charge in [-0.1, -0.05) is 20.3 Å². The van der Waals surface area contributed by atoms with E-state index in [1.54, 1.807) is 0 Å². The molecule has 2 rings (SSSR count). The van der Waals surface area contributed by atoms with Crippen molar-refractivity contribution >= 4 is 0 Å². The summed E-state index contributed by atoms with van der Waals surface area (Å²) in [5.74, 6) is 0.965. The summed E-state index contributed by atoms with van der Waals surface area (Å²) in [6.45, 7) is 14.6. The van der Waals surface area contributed by atoms with E-state index in [4.69, 9.17) is 0 Å². The standard InChI is InChI=1S/C16H33N3/c1-4-14(3)19-10-8-18(9-11-19)13-16-12-15(5-2)6-7-17-16/h14-17H,4-13H2,1-3H3. The van der Waals surface area contributed by atoms with Gasteiger partial charge in [-0.3, -0.25) is 9.80 Å². The third-order valence-corrected chi connectivity index (χ3v) is 5.28. The zero-order valence-electron chi connectivity index (χ0n) is 13.2. The van der Waals surface area contributed by atoms with Crippen molar-refractivity contribution in [3.8, 4) is 0 Å². The maximum atomic E-state index is 3.72. The highest BCUT2D eigenvalue weighted by atomic mass is 15.3. The van der Waals surface area contributed by atoms with E-state index in [0.29, 0.717) is 0 Å². The molecule has 0 bridgehead atoms. The zero-order chi connectivity index (χ0) is 13.7. The van der Waals surface area contributed by atoms with Crippen molar-refractivity contribution < 1.29 is 0 Å². The molecule has 3 atom stereocenters. The summed E-state index contributed by atoms with van der Waals surface area (Å²) in [5, 5.41) is 3.72. The van der Waals surface area contributed by atoms with Crippen molar-refractivity contribution in [3.63, 3.8) is 0 Å². The molecule has 0 spiro atoms. The molecule has 3 unspecified atom stereocenters. The topological polar surface area (TPSA) is 18.5 Å². The average Bonchev–Trinajstić information content (AvgIpc) is 2.47. The van der Waals surface area contributed by atoms with Crippen LogP contribution >= 0.6 is 0 Å². The van der Waals surface area contributed by atoms with Gasteiger partial charge >= 0.3 is 0 Å². The molecule has 0 aromatic heterocycles. The van der Waals surface area contributed by atoms with E-state index in [0.717, 1.165) is 18.0 Å². The normalized spacial score (nSPS) is 32.4. The van der Waals surface area contributed by atoms with E-state index in [2.05, 4.69) is 35.9 Å². The van der Waals surface area contributed by atoms with E-state index in [1.807, 2.05) is 0 Å². The van der Waals surface area contributed by atoms with Gasteiger partial charge in [0.1, 0.15) is 0 Å². The number of piperidine rings is 1. The van der Waals surface area contributed by atoms with Gasteiger partial charge < -0.3 is 5.32 Å². The molecule has 0 saturated carbocycles. The Morgan fingerprint density at radius 1 is 1.16 bits per heavy atom. The smallest absolute Gasteiger partial charge is 0.0197 e. The molecule has 2 saturated heterocycles. The van der Waals surface area contributed by atoms with Crippen LogP contribution in [0.5, 0.6) is 0 Å². The van der Waals surface area contributed by atoms with Crippen LogP contribution in [0.1, 0.15) is 46.5 Å². The van der Waals surface area contributed by atoms with E-state index in [9.17, 15) is 0 Å². The number of rotatable bonds is 5. The van der Waals surface area contributed by atoms with E-state index < -0.39 is 0 Å². The lowest BCUT2D eigenvalue weighted by Gasteiger charge is -2.40. The molecule has 2 heterocycles. The molecule has 2 aliphatic heterocycles. The number of hydrogen-bond donors (Lipinski definition) is 1. The Hall–Kier alpha value is -0.120. The first kappa shape index (κ1) is 15.3. The van der Waals surface area contributed by atoms with Gasteiger partial charge in [0.2, 0.25) is 0 Å². The Morgan fingerprint density at radius 2 is 1.89 bits per heavy atom. The van der Waals surface area contributed by atoms with Gasteiger partial charge in [-0.15, -0.1) is 0 Å². The fourth-order valence-electron chi connectivity index (χ4n) is 3.56. The van der Waals surface area contributed by atoms with Crippen LogP contribution in [-0.4, -0.2) is 61.2 Å². The summed E-state index contributed by atoms with van der Waals surface area (Å²) in [7, 11) is 0. The second-order valence-electron chi connectivity index (χ2n) is 6.54. The third-order valence-electron chi connectivity index (χ3n) is 5.28. The van der Waals surface area contributed by atoms with Gasteiger partial charge in [-0.05, 0) is 38.6 Å². The van der Waals surface area contributed by atoms with Crippen LogP contribution in [0, 0.1) is 5.92 Å². The number of nitrogens with one attached hydrogen (secondary N) is 1. The molecular weight excluding hydrogens is 234 g/mol. The summed E-state index contributed by atoms with van der Waals surface area (Å²) in [6, 6.07) is 1.51. The predicted molar refractivity (Wildman–Crippen MR) is 82.6 cm³/mol. The summed E-state index contributed by atoms with van der Waals surface area (Å²) < 4.78 is 0. The van der Waals surface area contributed by atoms with Crippen LogP contribution in [0.3, 0.4) is 0 Å². The minimum atomic E-state index is 0.744. The fraction of sp³-hybridized carbons (Fsp3) is 1.00. The minimum absolute atomic E-state index is 0.744. The van der Waals surface area contributed by atoms with Crippen LogP contribution < -0.4 is 5.32 Å². The van der Waals surface area contributed by atoms with Crippen molar-refractivity contribution in [1.29, 1.82) is 0 Å². The molecule has 3 heteroatoms. The quantitative estimate of drug-likeness (QED) is 0.824. The fourth-order valence-corrected chi connectivity index (χ4v) is 3.56. The highest BCUT2D eigenvalue weighted by molar-refractivity contribution is 4.83. The third kappa shape index (κ3) is 4.44. The number of hydrogen-bond acceptors (Lipinski definition) is 3. The summed E-state index contributed by atoms with van der Waals surface area (Å²) in [6.07, 6.45) is 5.42. The van der Waals surface area contributed by atoms with Crippen molar-refractivity contribution in [2.45, 2.75) is 58.5 Å². The molecule has 1 N–H and O–H groups in total. The Labute approximate surface area is 119 Å². The Morgan fingerprint density at radius 3 is 2.53 bits per heavy atom. The van der Waals surface area contributed by atoms with Crippen molar-refractivity contribution in [2.75, 3.05) is 39.3 Å². The van der Waals surface area contributed by atoms with Crippen LogP contribution in [0.15, 0.2) is 0 Å². The van der Waals surface area contributed by atoms with Crippen LogP contribution in [0.25, 0.3) is 0 Å². The van der Waals surface area contributed by atoms with Gasteiger partial charge in [0.05, 0.1) is 0 Å². The van der Waals surface area contributed by atoms with Gasteiger partial charge in [-0.25, -0.2) is 0 Å². The zero-order valence-corrected chi connectivity index (χ0v) is 13.2. The molecule has 2 aliphatic rings.